The van der Waals surface area contributed by atoms with Gasteiger partial charge in [-0.1, -0.05) is 31.0 Å². The van der Waals surface area contributed by atoms with Crippen LogP contribution in [-0.2, 0) is 0 Å². The van der Waals surface area contributed by atoms with Crippen LogP contribution in [0.3, 0.4) is 0 Å². The first-order valence-corrected chi connectivity index (χ1v) is 7.87. The van der Waals surface area contributed by atoms with E-state index in [2.05, 4.69) is 12.2 Å². The second-order valence-corrected chi connectivity index (χ2v) is 6.49. The Morgan fingerprint density at radius 1 is 1.53 bits per heavy atom. The van der Waals surface area contributed by atoms with Crippen LogP contribution < -0.4 is 5.32 Å². The zero-order chi connectivity index (χ0) is 13.8. The number of hydrogen-bond acceptors (Lipinski definition) is 4. The number of thioether (sulfide) groups is 1. The van der Waals surface area contributed by atoms with Crippen molar-refractivity contribution in [1.29, 1.82) is 0 Å². The number of anilines is 1. The third-order valence-electron chi connectivity index (χ3n) is 3.35. The van der Waals surface area contributed by atoms with Gasteiger partial charge in [0, 0.05) is 17.4 Å². The lowest BCUT2D eigenvalue weighted by Gasteiger charge is -2.21. The maximum absolute atomic E-state index is 11.1. The topological polar surface area (TPSA) is 55.2 Å². The van der Waals surface area contributed by atoms with Crippen molar-refractivity contribution in [3.05, 3.63) is 33.3 Å². The van der Waals surface area contributed by atoms with Crippen LogP contribution >= 0.6 is 23.4 Å². The number of para-hydroxylation sites is 1. The molecule has 2 unspecified atom stereocenters. The molecule has 0 heterocycles. The largest absolute Gasteiger partial charge is 0.374 e. The van der Waals surface area contributed by atoms with E-state index < -0.39 is 0 Å². The molecule has 0 aromatic heterocycles. The smallest absolute Gasteiger partial charge is 0.293 e. The zero-order valence-corrected chi connectivity index (χ0v) is 12.3. The van der Waals surface area contributed by atoms with Crippen molar-refractivity contribution in [1.82, 2.24) is 0 Å². The predicted molar refractivity (Wildman–Crippen MR) is 81.3 cm³/mol. The molecular formula is C13H17ClN2O2S. The van der Waals surface area contributed by atoms with Crippen molar-refractivity contribution >= 4 is 34.7 Å². The molecule has 6 heteroatoms. The van der Waals surface area contributed by atoms with Crippen molar-refractivity contribution < 1.29 is 4.92 Å². The van der Waals surface area contributed by atoms with Crippen molar-refractivity contribution in [2.45, 2.75) is 37.5 Å². The summed E-state index contributed by atoms with van der Waals surface area (Å²) in [6.45, 7) is 2.14. The molecule has 0 saturated heterocycles. The third-order valence-corrected chi connectivity index (χ3v) is 4.99. The fourth-order valence-corrected chi connectivity index (χ4v) is 3.92. The van der Waals surface area contributed by atoms with Crippen LogP contribution in [-0.4, -0.2) is 22.0 Å². The van der Waals surface area contributed by atoms with Gasteiger partial charge in [0.25, 0.3) is 5.69 Å². The van der Waals surface area contributed by atoms with Gasteiger partial charge in [-0.2, -0.15) is 11.8 Å². The van der Waals surface area contributed by atoms with Gasteiger partial charge in [-0.05, 0) is 24.7 Å². The van der Waals surface area contributed by atoms with E-state index in [-0.39, 0.29) is 16.7 Å². The standard InChI is InChI=1S/C13H17ClN2O2S/c1-2-19-12-8-4-6-10(12)15-13-9(14)5-3-7-11(13)16(17)18/h3,5,7,10,12,15H,2,4,6,8H2,1H3. The Bertz CT molecular complexity index is 470. The molecule has 0 amide bonds. The lowest BCUT2D eigenvalue weighted by Crippen LogP contribution is -2.26. The van der Waals surface area contributed by atoms with Crippen molar-refractivity contribution in [2.24, 2.45) is 0 Å². The fraction of sp³-hybridized carbons (Fsp3) is 0.538. The number of nitro benzene ring substituents is 1. The molecule has 0 radical (unpaired) electrons. The van der Waals surface area contributed by atoms with Crippen LogP contribution in [0.1, 0.15) is 26.2 Å². The van der Waals surface area contributed by atoms with Crippen LogP contribution in [0.5, 0.6) is 0 Å². The molecule has 2 rings (SSSR count). The summed E-state index contributed by atoms with van der Waals surface area (Å²) in [5, 5.41) is 15.3. The summed E-state index contributed by atoms with van der Waals surface area (Å²) in [6.07, 6.45) is 3.36. The minimum atomic E-state index is -0.384. The van der Waals surface area contributed by atoms with E-state index >= 15 is 0 Å². The molecule has 4 nitrogen and oxygen atoms in total. The van der Waals surface area contributed by atoms with Crippen LogP contribution in [0, 0.1) is 10.1 Å². The Balaban J connectivity index is 2.20. The summed E-state index contributed by atoms with van der Waals surface area (Å²) >= 11 is 8.01. The number of nitro groups is 1. The van der Waals surface area contributed by atoms with Crippen LogP contribution in [0.15, 0.2) is 18.2 Å². The van der Waals surface area contributed by atoms with E-state index in [1.807, 2.05) is 11.8 Å². The van der Waals surface area contributed by atoms with E-state index in [1.54, 1.807) is 12.1 Å². The first-order chi connectivity index (χ1) is 9.13. The van der Waals surface area contributed by atoms with Gasteiger partial charge < -0.3 is 5.32 Å². The van der Waals surface area contributed by atoms with E-state index in [1.165, 1.54) is 6.07 Å². The lowest BCUT2D eigenvalue weighted by atomic mass is 10.2. The molecule has 1 fully saturated rings. The van der Waals surface area contributed by atoms with E-state index in [0.717, 1.165) is 25.0 Å². The summed E-state index contributed by atoms with van der Waals surface area (Å²) in [6, 6.07) is 5.06. The molecule has 1 aromatic rings. The van der Waals surface area contributed by atoms with E-state index in [4.69, 9.17) is 11.6 Å². The average molecular weight is 301 g/mol. The van der Waals surface area contributed by atoms with Crippen molar-refractivity contribution in [3.63, 3.8) is 0 Å². The molecule has 1 N–H and O–H groups in total. The van der Waals surface area contributed by atoms with E-state index in [9.17, 15) is 10.1 Å². The monoisotopic (exact) mass is 300 g/mol. The molecule has 0 spiro atoms. The number of benzene rings is 1. The summed E-state index contributed by atoms with van der Waals surface area (Å²) < 4.78 is 0. The zero-order valence-electron chi connectivity index (χ0n) is 10.8. The second kappa shape index (κ2) is 6.48. The number of rotatable bonds is 5. The highest BCUT2D eigenvalue weighted by Gasteiger charge is 2.29. The Hall–Kier alpha value is -0.940. The lowest BCUT2D eigenvalue weighted by molar-refractivity contribution is -0.384. The molecule has 1 saturated carbocycles. The predicted octanol–water partition coefficient (Wildman–Crippen LogP) is 4.33. The first kappa shape index (κ1) is 14.5. The van der Waals surface area contributed by atoms with Gasteiger partial charge in [-0.3, -0.25) is 10.1 Å². The third kappa shape index (κ3) is 3.34. The first-order valence-electron chi connectivity index (χ1n) is 6.44. The maximum atomic E-state index is 11.1. The Morgan fingerprint density at radius 3 is 3.00 bits per heavy atom. The van der Waals surface area contributed by atoms with Gasteiger partial charge in [-0.15, -0.1) is 0 Å². The second-order valence-electron chi connectivity index (χ2n) is 4.57. The van der Waals surface area contributed by atoms with Gasteiger partial charge in [0.2, 0.25) is 0 Å². The van der Waals surface area contributed by atoms with Gasteiger partial charge in [-0.25, -0.2) is 0 Å². The van der Waals surface area contributed by atoms with Crippen molar-refractivity contribution in [3.8, 4) is 0 Å². The number of halogens is 1. The van der Waals surface area contributed by atoms with E-state index in [0.29, 0.717) is 16.0 Å². The van der Waals surface area contributed by atoms with Crippen LogP contribution in [0.2, 0.25) is 5.02 Å². The fourth-order valence-electron chi connectivity index (χ4n) is 2.50. The minimum Gasteiger partial charge on any atom is -0.374 e. The molecule has 0 bridgehead atoms. The average Bonchev–Trinajstić information content (AvgIpc) is 2.79. The van der Waals surface area contributed by atoms with Crippen LogP contribution in [0.4, 0.5) is 11.4 Å². The highest BCUT2D eigenvalue weighted by atomic mass is 35.5. The molecule has 104 valence electrons. The molecule has 19 heavy (non-hydrogen) atoms. The number of nitrogens with one attached hydrogen (secondary N) is 1. The molecule has 1 aliphatic rings. The van der Waals surface area contributed by atoms with Gasteiger partial charge >= 0.3 is 0 Å². The molecule has 0 aliphatic heterocycles. The van der Waals surface area contributed by atoms with Gasteiger partial charge in [0.15, 0.2) is 0 Å². The number of nitrogens with zero attached hydrogens (tertiary/aromatic N) is 1. The minimum absolute atomic E-state index is 0.0552. The quantitative estimate of drug-likeness (QED) is 0.649. The summed E-state index contributed by atoms with van der Waals surface area (Å²) in [4.78, 5) is 10.7. The Morgan fingerprint density at radius 2 is 2.32 bits per heavy atom. The highest BCUT2D eigenvalue weighted by molar-refractivity contribution is 7.99. The Kier molecular flexibility index (Phi) is 4.93. The summed E-state index contributed by atoms with van der Waals surface area (Å²) in [5.74, 6) is 1.06. The highest BCUT2D eigenvalue weighted by Crippen LogP contribution is 2.37. The molecular weight excluding hydrogens is 284 g/mol. The molecule has 1 aliphatic carbocycles. The maximum Gasteiger partial charge on any atom is 0.293 e. The van der Waals surface area contributed by atoms with Crippen molar-refractivity contribution in [2.75, 3.05) is 11.1 Å². The summed E-state index contributed by atoms with van der Waals surface area (Å²) in [5.41, 5.74) is 0.516. The SMILES string of the molecule is CCSC1CCCC1Nc1c(Cl)cccc1[N+](=O)[O-]. The van der Waals surface area contributed by atoms with Crippen LogP contribution in [0.25, 0.3) is 0 Å². The molecule has 1 aromatic carbocycles. The summed E-state index contributed by atoms with van der Waals surface area (Å²) in [7, 11) is 0. The number of hydrogen-bond donors (Lipinski definition) is 1. The van der Waals surface area contributed by atoms with Gasteiger partial charge in [0.1, 0.15) is 5.69 Å². The molecule has 2 atom stereocenters. The normalized spacial score (nSPS) is 22.4. The van der Waals surface area contributed by atoms with Gasteiger partial charge in [0.05, 0.1) is 9.95 Å². The Labute approximate surface area is 122 Å².